The molecule has 1 amide bonds. The zero-order valence-corrected chi connectivity index (χ0v) is 19.2. The van der Waals surface area contributed by atoms with Gasteiger partial charge in [-0.25, -0.2) is 12.8 Å². The Bertz CT molecular complexity index is 1070. The van der Waals surface area contributed by atoms with E-state index in [1.54, 1.807) is 6.92 Å². The molecule has 1 aromatic heterocycles. The molecule has 0 saturated carbocycles. The van der Waals surface area contributed by atoms with Gasteiger partial charge in [0.1, 0.15) is 11.5 Å². The van der Waals surface area contributed by atoms with Gasteiger partial charge < -0.3 is 11.5 Å². The second-order valence-electron chi connectivity index (χ2n) is 7.91. The third-order valence-electron chi connectivity index (χ3n) is 5.94. The number of thiol groups is 1. The lowest BCUT2D eigenvalue weighted by Gasteiger charge is -2.38. The number of primary amides is 1. The van der Waals surface area contributed by atoms with Crippen LogP contribution in [0.1, 0.15) is 49.4 Å². The number of halogens is 4. The summed E-state index contributed by atoms with van der Waals surface area (Å²) >= 11 is 0. The quantitative estimate of drug-likeness (QED) is 0.369. The molecule has 1 aromatic carbocycles. The second kappa shape index (κ2) is 10.0. The van der Waals surface area contributed by atoms with Crippen molar-refractivity contribution in [3.8, 4) is 0 Å². The smallest absolute Gasteiger partial charge is 0.369 e. The van der Waals surface area contributed by atoms with Crippen LogP contribution in [0.25, 0.3) is 0 Å². The molecule has 0 saturated heterocycles. The van der Waals surface area contributed by atoms with Crippen LogP contribution in [0.15, 0.2) is 36.5 Å². The fourth-order valence-corrected chi connectivity index (χ4v) is 3.95. The molecular weight excluding hydrogens is 464 g/mol. The van der Waals surface area contributed by atoms with Crippen molar-refractivity contribution in [2.75, 3.05) is 11.4 Å². The van der Waals surface area contributed by atoms with Gasteiger partial charge in [-0.3, -0.25) is 14.1 Å². The summed E-state index contributed by atoms with van der Waals surface area (Å²) in [6.45, 7) is 3.61. The zero-order valence-electron chi connectivity index (χ0n) is 18.3. The molecule has 3 atom stereocenters. The van der Waals surface area contributed by atoms with Crippen molar-refractivity contribution in [1.29, 1.82) is 0 Å². The van der Waals surface area contributed by atoms with E-state index in [9.17, 15) is 30.8 Å². The molecule has 2 rings (SSSR count). The van der Waals surface area contributed by atoms with E-state index < -0.39 is 45.9 Å². The fourth-order valence-electron chi connectivity index (χ4n) is 3.62. The highest BCUT2D eigenvalue weighted by Crippen LogP contribution is 2.39. The maximum absolute atomic E-state index is 14.6. The number of carbonyl (C=O) groups is 1. The van der Waals surface area contributed by atoms with Crippen LogP contribution < -0.4 is 15.8 Å². The number of nitrogens with two attached hydrogens (primary N) is 2. The Labute approximate surface area is 190 Å². The van der Waals surface area contributed by atoms with Crippen molar-refractivity contribution >= 4 is 22.5 Å². The maximum atomic E-state index is 14.6. The predicted molar refractivity (Wildman–Crippen MR) is 116 cm³/mol. The van der Waals surface area contributed by atoms with Crippen molar-refractivity contribution in [3.05, 3.63) is 59.2 Å². The standard InChI is InChI=1S/C21H26F4N4O3S/c1-4-12(2)20(27,14-6-8-18(28-11-14)21(23,24)25)10-15(19(26)30)13-5-7-17(16(22)9-13)29(3)33(31)32/h5-9,11-12,15,33H,4,10,27H2,1-3H3,(H2,26,30). The first-order valence-corrected chi connectivity index (χ1v) is 11.1. The van der Waals surface area contributed by atoms with Crippen LogP contribution in [0.2, 0.25) is 0 Å². The largest absolute Gasteiger partial charge is 0.433 e. The van der Waals surface area contributed by atoms with Crippen LogP contribution in [-0.4, -0.2) is 26.4 Å². The molecule has 0 aliphatic rings. The summed E-state index contributed by atoms with van der Waals surface area (Å²) in [5.41, 5.74) is 10.1. The lowest BCUT2D eigenvalue weighted by Crippen LogP contribution is -2.46. The van der Waals surface area contributed by atoms with Gasteiger partial charge in [0, 0.05) is 18.8 Å². The highest BCUT2D eigenvalue weighted by Gasteiger charge is 2.39. The highest BCUT2D eigenvalue weighted by atomic mass is 32.2. The second-order valence-corrected chi connectivity index (χ2v) is 8.99. The number of hydrogen-bond acceptors (Lipinski definition) is 5. The van der Waals surface area contributed by atoms with E-state index in [0.717, 1.165) is 18.3 Å². The van der Waals surface area contributed by atoms with Gasteiger partial charge in [0.15, 0.2) is 0 Å². The molecule has 0 fully saturated rings. The van der Waals surface area contributed by atoms with Gasteiger partial charge in [0.05, 0.1) is 11.6 Å². The Morgan fingerprint density at radius 3 is 2.27 bits per heavy atom. The molecule has 4 N–H and O–H groups in total. The number of nitrogens with zero attached hydrogens (tertiary/aromatic N) is 2. The molecule has 2 aromatic rings. The van der Waals surface area contributed by atoms with Gasteiger partial charge in [-0.1, -0.05) is 32.4 Å². The first-order chi connectivity index (χ1) is 15.2. The van der Waals surface area contributed by atoms with Crippen LogP contribution in [0.4, 0.5) is 23.2 Å². The Balaban J connectivity index is 2.51. The molecule has 12 heteroatoms. The van der Waals surface area contributed by atoms with Gasteiger partial charge in [-0.15, -0.1) is 0 Å². The number of pyridine rings is 1. The fraction of sp³-hybridized carbons (Fsp3) is 0.429. The third kappa shape index (κ3) is 5.80. The molecule has 0 aliphatic heterocycles. The van der Waals surface area contributed by atoms with Gasteiger partial charge >= 0.3 is 6.18 Å². The number of carbonyl (C=O) groups excluding carboxylic acids is 1. The Hall–Kier alpha value is -2.73. The molecule has 0 spiro atoms. The molecule has 0 bridgehead atoms. The minimum absolute atomic E-state index is 0.130. The zero-order chi connectivity index (χ0) is 25.1. The average Bonchev–Trinajstić information content (AvgIpc) is 2.75. The molecule has 3 unspecified atom stereocenters. The molecular formula is C21H26F4N4O3S. The average molecular weight is 491 g/mol. The van der Waals surface area contributed by atoms with E-state index >= 15 is 0 Å². The molecule has 0 aliphatic carbocycles. The number of anilines is 1. The SMILES string of the molecule is CCC(C)C(N)(CC(C(N)=O)c1ccc(N(C)[SH](=O)=O)c(F)c1)c1ccc(C(F)(F)F)nc1. The third-order valence-corrected chi connectivity index (χ3v) is 6.64. The number of hydrogen-bond donors (Lipinski definition) is 3. The van der Waals surface area contributed by atoms with Crippen LogP contribution >= 0.6 is 0 Å². The van der Waals surface area contributed by atoms with E-state index in [0.29, 0.717) is 10.7 Å². The molecule has 1 heterocycles. The minimum atomic E-state index is -4.62. The Morgan fingerprint density at radius 2 is 1.85 bits per heavy atom. The van der Waals surface area contributed by atoms with Gasteiger partial charge in [0.25, 0.3) is 0 Å². The number of amides is 1. The van der Waals surface area contributed by atoms with Crippen LogP contribution in [0.5, 0.6) is 0 Å². The Kier molecular flexibility index (Phi) is 8.07. The first-order valence-electron chi connectivity index (χ1n) is 10.0. The number of aromatic nitrogens is 1. The monoisotopic (exact) mass is 490 g/mol. The molecule has 0 radical (unpaired) electrons. The van der Waals surface area contributed by atoms with E-state index in [-0.39, 0.29) is 29.2 Å². The Morgan fingerprint density at radius 1 is 1.21 bits per heavy atom. The van der Waals surface area contributed by atoms with Gasteiger partial charge in [0.2, 0.25) is 16.8 Å². The first kappa shape index (κ1) is 26.5. The van der Waals surface area contributed by atoms with E-state index in [1.807, 2.05) is 6.92 Å². The summed E-state index contributed by atoms with van der Waals surface area (Å²) in [4.78, 5) is 15.8. The topological polar surface area (TPSA) is 119 Å². The van der Waals surface area contributed by atoms with Gasteiger partial charge in [-0.05, 0) is 41.7 Å². The summed E-state index contributed by atoms with van der Waals surface area (Å²) in [6, 6.07) is 5.59. The summed E-state index contributed by atoms with van der Waals surface area (Å²) < 4.78 is 76.4. The van der Waals surface area contributed by atoms with Gasteiger partial charge in [-0.2, -0.15) is 13.2 Å². The predicted octanol–water partition coefficient (Wildman–Crippen LogP) is 3.06. The van der Waals surface area contributed by atoms with E-state index in [1.165, 1.54) is 25.2 Å². The molecule has 33 heavy (non-hydrogen) atoms. The van der Waals surface area contributed by atoms with Crippen LogP contribution in [0, 0.1) is 11.7 Å². The molecule has 7 nitrogen and oxygen atoms in total. The summed E-state index contributed by atoms with van der Waals surface area (Å²) in [6.07, 6.45) is -3.20. The molecule has 182 valence electrons. The maximum Gasteiger partial charge on any atom is 0.433 e. The summed E-state index contributed by atoms with van der Waals surface area (Å²) in [5, 5.41) is 0. The van der Waals surface area contributed by atoms with E-state index in [2.05, 4.69) is 4.98 Å². The van der Waals surface area contributed by atoms with Crippen LogP contribution in [0.3, 0.4) is 0 Å². The van der Waals surface area contributed by atoms with Crippen molar-refractivity contribution in [2.45, 2.75) is 44.3 Å². The summed E-state index contributed by atoms with van der Waals surface area (Å²) in [5.74, 6) is -3.11. The number of benzene rings is 1. The van der Waals surface area contributed by atoms with Crippen molar-refractivity contribution in [2.24, 2.45) is 17.4 Å². The van der Waals surface area contributed by atoms with E-state index in [4.69, 9.17) is 11.5 Å². The minimum Gasteiger partial charge on any atom is -0.369 e. The number of rotatable bonds is 9. The number of alkyl halides is 3. The van der Waals surface area contributed by atoms with Crippen molar-refractivity contribution in [3.63, 3.8) is 0 Å². The van der Waals surface area contributed by atoms with Crippen molar-refractivity contribution in [1.82, 2.24) is 4.98 Å². The highest BCUT2D eigenvalue weighted by molar-refractivity contribution is 7.74. The lowest BCUT2D eigenvalue weighted by atomic mass is 9.72. The van der Waals surface area contributed by atoms with Crippen molar-refractivity contribution < 1.29 is 30.8 Å². The van der Waals surface area contributed by atoms with Crippen LogP contribution in [-0.2, 0) is 27.4 Å². The summed E-state index contributed by atoms with van der Waals surface area (Å²) in [7, 11) is -1.90. The lowest BCUT2D eigenvalue weighted by molar-refractivity contribution is -0.141. The normalized spacial score (nSPS) is 15.7.